The average molecular weight is 375 g/mol. The summed E-state index contributed by atoms with van der Waals surface area (Å²) in [5, 5.41) is 6.24. The zero-order chi connectivity index (χ0) is 16.5. The van der Waals surface area contributed by atoms with Crippen molar-refractivity contribution in [1.82, 2.24) is 5.32 Å². The molecule has 1 amide bonds. The van der Waals surface area contributed by atoms with Crippen LogP contribution in [0.3, 0.4) is 0 Å². The van der Waals surface area contributed by atoms with Gasteiger partial charge in [-0.05, 0) is 49.6 Å². The number of aryl methyl sites for hydroxylation is 2. The molecule has 2 aromatic rings. The first-order valence-electron chi connectivity index (χ1n) is 7.96. The fourth-order valence-electron chi connectivity index (χ4n) is 2.28. The van der Waals surface area contributed by atoms with Gasteiger partial charge < -0.3 is 10.6 Å². The van der Waals surface area contributed by atoms with Gasteiger partial charge in [0, 0.05) is 23.1 Å². The summed E-state index contributed by atoms with van der Waals surface area (Å²) in [7, 11) is 0. The zero-order valence-electron chi connectivity index (χ0n) is 13.4. The van der Waals surface area contributed by atoms with Crippen molar-refractivity contribution in [2.24, 2.45) is 0 Å². The van der Waals surface area contributed by atoms with E-state index in [1.807, 2.05) is 31.2 Å². The summed E-state index contributed by atoms with van der Waals surface area (Å²) < 4.78 is 1.01. The van der Waals surface area contributed by atoms with E-state index in [-0.39, 0.29) is 5.91 Å². The summed E-state index contributed by atoms with van der Waals surface area (Å²) in [6.45, 7) is 3.65. The average Bonchev–Trinajstić information content (AvgIpc) is 2.55. The molecule has 0 aliphatic carbocycles. The molecule has 3 nitrogen and oxygen atoms in total. The molecule has 2 rings (SSSR count). The SMILES string of the molecule is Cc1ccc(NC(=O)CCNCCCc2ccccc2)cc1Br. The molecule has 2 aromatic carbocycles. The molecule has 0 radical (unpaired) electrons. The minimum atomic E-state index is 0.0383. The summed E-state index contributed by atoms with van der Waals surface area (Å²) in [6.07, 6.45) is 2.63. The number of benzene rings is 2. The molecule has 0 unspecified atom stereocenters. The van der Waals surface area contributed by atoms with Crippen molar-refractivity contribution in [2.75, 3.05) is 18.4 Å². The Morgan fingerprint density at radius 3 is 2.61 bits per heavy atom. The lowest BCUT2D eigenvalue weighted by Gasteiger charge is -2.08. The van der Waals surface area contributed by atoms with Gasteiger partial charge in [0.1, 0.15) is 0 Å². The highest BCUT2D eigenvalue weighted by Gasteiger charge is 2.03. The normalized spacial score (nSPS) is 10.5. The molecule has 0 heterocycles. The molecule has 4 heteroatoms. The molecule has 0 aliphatic heterocycles. The standard InChI is InChI=1S/C19H23BrN2O/c1-15-9-10-17(14-18(15)20)22-19(23)11-13-21-12-5-8-16-6-3-2-4-7-16/h2-4,6-7,9-10,14,21H,5,8,11-13H2,1H3,(H,22,23). The molecule has 0 saturated carbocycles. The third-order valence-corrected chi connectivity index (χ3v) is 4.50. The van der Waals surface area contributed by atoms with Gasteiger partial charge in [-0.3, -0.25) is 4.79 Å². The number of hydrogen-bond donors (Lipinski definition) is 2. The molecule has 0 fully saturated rings. The first kappa shape index (κ1) is 17.7. The monoisotopic (exact) mass is 374 g/mol. The summed E-state index contributed by atoms with van der Waals surface area (Å²) in [5.74, 6) is 0.0383. The van der Waals surface area contributed by atoms with Crippen molar-refractivity contribution < 1.29 is 4.79 Å². The number of hydrogen-bond acceptors (Lipinski definition) is 2. The van der Waals surface area contributed by atoms with E-state index in [0.717, 1.165) is 35.1 Å². The Hall–Kier alpha value is -1.65. The van der Waals surface area contributed by atoms with Crippen LogP contribution in [0, 0.1) is 6.92 Å². The molecular weight excluding hydrogens is 352 g/mol. The number of anilines is 1. The topological polar surface area (TPSA) is 41.1 Å². The van der Waals surface area contributed by atoms with Gasteiger partial charge >= 0.3 is 0 Å². The zero-order valence-corrected chi connectivity index (χ0v) is 15.0. The summed E-state index contributed by atoms with van der Waals surface area (Å²) in [5.41, 5.74) is 3.34. The van der Waals surface area contributed by atoms with E-state index in [1.54, 1.807) is 0 Å². The molecule has 122 valence electrons. The molecule has 0 aromatic heterocycles. The Kier molecular flexibility index (Phi) is 7.30. The van der Waals surface area contributed by atoms with Crippen molar-refractivity contribution in [2.45, 2.75) is 26.2 Å². The van der Waals surface area contributed by atoms with Gasteiger partial charge in [0.2, 0.25) is 5.91 Å². The van der Waals surface area contributed by atoms with Gasteiger partial charge in [-0.25, -0.2) is 0 Å². The molecule has 0 spiro atoms. The Morgan fingerprint density at radius 2 is 1.87 bits per heavy atom. The van der Waals surface area contributed by atoms with Gasteiger partial charge in [0.15, 0.2) is 0 Å². The largest absolute Gasteiger partial charge is 0.326 e. The van der Waals surface area contributed by atoms with E-state index < -0.39 is 0 Å². The predicted octanol–water partition coefficient (Wildman–Crippen LogP) is 4.31. The summed E-state index contributed by atoms with van der Waals surface area (Å²) >= 11 is 3.47. The van der Waals surface area contributed by atoms with Crippen LogP contribution in [0.15, 0.2) is 53.0 Å². The minimum absolute atomic E-state index is 0.0383. The highest BCUT2D eigenvalue weighted by atomic mass is 79.9. The first-order chi connectivity index (χ1) is 11.1. The molecule has 23 heavy (non-hydrogen) atoms. The Balaban J connectivity index is 1.58. The van der Waals surface area contributed by atoms with Gasteiger partial charge in [-0.2, -0.15) is 0 Å². The molecule has 0 atom stereocenters. The van der Waals surface area contributed by atoms with Gasteiger partial charge in [0.05, 0.1) is 0 Å². The maximum absolute atomic E-state index is 11.9. The van der Waals surface area contributed by atoms with E-state index in [0.29, 0.717) is 13.0 Å². The van der Waals surface area contributed by atoms with Crippen molar-refractivity contribution in [1.29, 1.82) is 0 Å². The fraction of sp³-hybridized carbons (Fsp3) is 0.316. The van der Waals surface area contributed by atoms with E-state index in [1.165, 1.54) is 5.56 Å². The maximum atomic E-state index is 11.9. The van der Waals surface area contributed by atoms with Gasteiger partial charge in [-0.1, -0.05) is 52.3 Å². The molecular formula is C19H23BrN2O. The number of carbonyl (C=O) groups is 1. The van der Waals surface area contributed by atoms with Crippen LogP contribution in [0.5, 0.6) is 0 Å². The van der Waals surface area contributed by atoms with Crippen LogP contribution in [0.4, 0.5) is 5.69 Å². The molecule has 0 aliphatic rings. The van der Waals surface area contributed by atoms with Crippen molar-refractivity contribution in [3.63, 3.8) is 0 Å². The lowest BCUT2D eigenvalue weighted by molar-refractivity contribution is -0.116. The Labute approximate surface area is 146 Å². The minimum Gasteiger partial charge on any atom is -0.326 e. The van der Waals surface area contributed by atoms with E-state index >= 15 is 0 Å². The predicted molar refractivity (Wildman–Crippen MR) is 99.8 cm³/mol. The van der Waals surface area contributed by atoms with Crippen LogP contribution >= 0.6 is 15.9 Å². The smallest absolute Gasteiger partial charge is 0.225 e. The second-order valence-corrected chi connectivity index (χ2v) is 6.46. The first-order valence-corrected chi connectivity index (χ1v) is 8.75. The van der Waals surface area contributed by atoms with Crippen molar-refractivity contribution in [3.05, 3.63) is 64.1 Å². The van der Waals surface area contributed by atoms with E-state index in [2.05, 4.69) is 50.8 Å². The highest BCUT2D eigenvalue weighted by Crippen LogP contribution is 2.20. The van der Waals surface area contributed by atoms with Crippen LogP contribution in [-0.2, 0) is 11.2 Å². The number of nitrogens with one attached hydrogen (secondary N) is 2. The lowest BCUT2D eigenvalue weighted by atomic mass is 10.1. The van der Waals surface area contributed by atoms with Crippen LogP contribution in [0.25, 0.3) is 0 Å². The molecule has 0 bridgehead atoms. The third kappa shape index (κ3) is 6.55. The number of halogens is 1. The summed E-state index contributed by atoms with van der Waals surface area (Å²) in [6, 6.07) is 16.3. The molecule has 0 saturated heterocycles. The Bertz CT molecular complexity index is 629. The number of amides is 1. The van der Waals surface area contributed by atoms with Gasteiger partial charge in [-0.15, -0.1) is 0 Å². The van der Waals surface area contributed by atoms with Crippen LogP contribution in [0.1, 0.15) is 24.0 Å². The number of carbonyl (C=O) groups excluding carboxylic acids is 1. The maximum Gasteiger partial charge on any atom is 0.225 e. The van der Waals surface area contributed by atoms with Crippen LogP contribution in [-0.4, -0.2) is 19.0 Å². The Morgan fingerprint density at radius 1 is 1.09 bits per heavy atom. The fourth-order valence-corrected chi connectivity index (χ4v) is 2.66. The van der Waals surface area contributed by atoms with E-state index in [4.69, 9.17) is 0 Å². The van der Waals surface area contributed by atoms with Crippen molar-refractivity contribution in [3.8, 4) is 0 Å². The lowest BCUT2D eigenvalue weighted by Crippen LogP contribution is -2.23. The number of rotatable bonds is 8. The third-order valence-electron chi connectivity index (χ3n) is 3.65. The van der Waals surface area contributed by atoms with Crippen molar-refractivity contribution >= 4 is 27.5 Å². The molecule has 2 N–H and O–H groups in total. The van der Waals surface area contributed by atoms with Gasteiger partial charge in [0.25, 0.3) is 0 Å². The van der Waals surface area contributed by atoms with Crippen LogP contribution in [0.2, 0.25) is 0 Å². The second kappa shape index (κ2) is 9.48. The quantitative estimate of drug-likeness (QED) is 0.675. The second-order valence-electron chi connectivity index (χ2n) is 5.60. The van der Waals surface area contributed by atoms with Crippen LogP contribution < -0.4 is 10.6 Å². The summed E-state index contributed by atoms with van der Waals surface area (Å²) in [4.78, 5) is 11.9. The highest BCUT2D eigenvalue weighted by molar-refractivity contribution is 9.10. The van der Waals surface area contributed by atoms with E-state index in [9.17, 15) is 4.79 Å².